The number of isothiocyanates is 1. The lowest BCUT2D eigenvalue weighted by Gasteiger charge is -1.91. The maximum absolute atomic E-state index is 10.9. The highest BCUT2D eigenvalue weighted by molar-refractivity contribution is 7.78. The van der Waals surface area contributed by atoms with Crippen LogP contribution in [-0.2, 0) is 4.79 Å². The van der Waals surface area contributed by atoms with Gasteiger partial charge in [0.2, 0.25) is 0 Å². The van der Waals surface area contributed by atoms with Crippen LogP contribution in [0.15, 0.2) is 28.8 Å². The van der Waals surface area contributed by atoms with Crippen LogP contribution in [0.1, 0.15) is 13.8 Å². The molecule has 0 aliphatic carbocycles. The number of hydrogen-bond acceptors (Lipinski definition) is 2. The van der Waals surface area contributed by atoms with Crippen molar-refractivity contribution < 1.29 is 4.79 Å². The van der Waals surface area contributed by atoms with Gasteiger partial charge in [-0.05, 0) is 26.1 Å². The maximum atomic E-state index is 10.9. The van der Waals surface area contributed by atoms with E-state index in [0.29, 0.717) is 5.57 Å². The van der Waals surface area contributed by atoms with Gasteiger partial charge in [-0.1, -0.05) is 18.2 Å². The van der Waals surface area contributed by atoms with Gasteiger partial charge in [-0.2, -0.15) is 4.99 Å². The van der Waals surface area contributed by atoms with Gasteiger partial charge >= 0.3 is 0 Å². The molecule has 0 fully saturated rings. The number of carbonyl (C=O) groups is 1. The fourth-order valence-corrected chi connectivity index (χ4v) is 0.644. The molecule has 0 heterocycles. The summed E-state index contributed by atoms with van der Waals surface area (Å²) in [5.74, 6) is -0.358. The molecule has 58 valence electrons. The molecule has 0 unspecified atom stereocenters. The van der Waals surface area contributed by atoms with E-state index in [9.17, 15) is 4.79 Å². The lowest BCUT2D eigenvalue weighted by molar-refractivity contribution is -0.114. The van der Waals surface area contributed by atoms with Gasteiger partial charge in [0.1, 0.15) is 0 Å². The van der Waals surface area contributed by atoms with Crippen molar-refractivity contribution in [3.8, 4) is 0 Å². The normalized spacial score (nSPS) is 10.2. The van der Waals surface area contributed by atoms with Gasteiger partial charge in [0, 0.05) is 5.57 Å². The number of amides is 1. The first-order valence-electron chi connectivity index (χ1n) is 3.04. The lowest BCUT2D eigenvalue weighted by atomic mass is 10.2. The van der Waals surface area contributed by atoms with E-state index in [2.05, 4.69) is 23.8 Å². The average Bonchev–Trinajstić information content (AvgIpc) is 1.86. The zero-order chi connectivity index (χ0) is 8.85. The molecule has 0 aromatic carbocycles. The zero-order valence-corrected chi connectivity index (χ0v) is 7.36. The smallest absolute Gasteiger partial charge is 0.266 e. The minimum atomic E-state index is -0.358. The van der Waals surface area contributed by atoms with E-state index in [1.807, 2.05) is 5.16 Å². The van der Waals surface area contributed by atoms with Crippen LogP contribution in [0.5, 0.6) is 0 Å². The summed E-state index contributed by atoms with van der Waals surface area (Å²) in [6, 6.07) is 0. The number of rotatable bonds is 2. The highest BCUT2D eigenvalue weighted by Gasteiger charge is 1.99. The Morgan fingerprint density at radius 2 is 2.18 bits per heavy atom. The minimum Gasteiger partial charge on any atom is -0.266 e. The minimum absolute atomic E-state index is 0.358. The molecule has 0 rings (SSSR count). The molecule has 0 aromatic heterocycles. The van der Waals surface area contributed by atoms with Gasteiger partial charge in [-0.15, -0.1) is 0 Å². The van der Waals surface area contributed by atoms with Crippen LogP contribution in [0.4, 0.5) is 0 Å². The average molecular weight is 167 g/mol. The van der Waals surface area contributed by atoms with E-state index < -0.39 is 0 Å². The van der Waals surface area contributed by atoms with Crippen molar-refractivity contribution in [2.24, 2.45) is 4.99 Å². The lowest BCUT2D eigenvalue weighted by Crippen LogP contribution is -1.93. The fourth-order valence-electron chi connectivity index (χ4n) is 0.561. The van der Waals surface area contributed by atoms with Crippen LogP contribution in [0.25, 0.3) is 0 Å². The van der Waals surface area contributed by atoms with Crippen LogP contribution in [-0.4, -0.2) is 11.1 Å². The highest BCUT2D eigenvalue weighted by atomic mass is 32.1. The molecule has 0 spiro atoms. The molecule has 2 nitrogen and oxygen atoms in total. The van der Waals surface area contributed by atoms with Gasteiger partial charge in [0.25, 0.3) is 5.91 Å². The quantitative estimate of drug-likeness (QED) is 0.273. The summed E-state index contributed by atoms with van der Waals surface area (Å²) in [6.07, 6.45) is 1.65. The third-order valence-corrected chi connectivity index (χ3v) is 1.04. The first-order valence-corrected chi connectivity index (χ1v) is 3.44. The number of thiocarbonyl (C=S) groups is 1. The van der Waals surface area contributed by atoms with Crippen LogP contribution < -0.4 is 0 Å². The Balaban J connectivity index is 4.48. The predicted molar refractivity (Wildman–Crippen MR) is 48.6 cm³/mol. The van der Waals surface area contributed by atoms with Gasteiger partial charge < -0.3 is 0 Å². The van der Waals surface area contributed by atoms with Crippen LogP contribution in [0.3, 0.4) is 0 Å². The van der Waals surface area contributed by atoms with E-state index in [0.717, 1.165) is 5.57 Å². The summed E-state index contributed by atoms with van der Waals surface area (Å²) in [5, 5.41) is 2.01. The van der Waals surface area contributed by atoms with E-state index in [1.165, 1.54) is 0 Å². The molecule has 1 amide bonds. The zero-order valence-electron chi connectivity index (χ0n) is 6.55. The number of carbonyl (C=O) groups excluding carboxylic acids is 1. The van der Waals surface area contributed by atoms with Crippen molar-refractivity contribution in [2.75, 3.05) is 0 Å². The Morgan fingerprint density at radius 1 is 1.64 bits per heavy atom. The number of allylic oxidation sites excluding steroid dienone is 2. The topological polar surface area (TPSA) is 29.4 Å². The number of hydrogen-bond donors (Lipinski definition) is 0. The molecule has 3 heteroatoms. The van der Waals surface area contributed by atoms with Crippen molar-refractivity contribution in [3.63, 3.8) is 0 Å². The number of nitrogens with zero attached hydrogens (tertiary/aromatic N) is 1. The van der Waals surface area contributed by atoms with E-state index in [1.54, 1.807) is 19.9 Å². The van der Waals surface area contributed by atoms with Crippen LogP contribution in [0.2, 0.25) is 0 Å². The summed E-state index contributed by atoms with van der Waals surface area (Å²) in [7, 11) is 0. The molecule has 0 aliphatic rings. The predicted octanol–water partition coefficient (Wildman–Crippen LogP) is 2.14. The third-order valence-electron chi connectivity index (χ3n) is 0.947. The molecule has 0 N–H and O–H groups in total. The Kier molecular flexibility index (Phi) is 4.27. The molecule has 0 radical (unpaired) electrons. The van der Waals surface area contributed by atoms with Crippen LogP contribution >= 0.6 is 12.2 Å². The molecule has 0 saturated carbocycles. The highest BCUT2D eigenvalue weighted by Crippen LogP contribution is 2.00. The first-order chi connectivity index (χ1) is 5.07. The molecule has 0 saturated heterocycles. The van der Waals surface area contributed by atoms with Gasteiger partial charge in [-0.3, -0.25) is 4.79 Å². The van der Waals surface area contributed by atoms with Crippen LogP contribution in [0, 0.1) is 0 Å². The summed E-state index contributed by atoms with van der Waals surface area (Å²) in [4.78, 5) is 14.2. The molecule has 0 bridgehead atoms. The first kappa shape index (κ1) is 9.95. The monoisotopic (exact) mass is 167 g/mol. The number of aliphatic imine (C=N–C) groups is 1. The second-order valence-electron chi connectivity index (χ2n) is 2.18. The van der Waals surface area contributed by atoms with Crippen molar-refractivity contribution >= 4 is 23.3 Å². The molecule has 11 heavy (non-hydrogen) atoms. The van der Waals surface area contributed by atoms with Crippen molar-refractivity contribution in [3.05, 3.63) is 23.8 Å². The summed E-state index contributed by atoms with van der Waals surface area (Å²) in [6.45, 7) is 7.08. The van der Waals surface area contributed by atoms with E-state index in [4.69, 9.17) is 0 Å². The fraction of sp³-hybridized carbons (Fsp3) is 0.250. The van der Waals surface area contributed by atoms with Gasteiger partial charge in [0.05, 0.1) is 5.16 Å². The molecular weight excluding hydrogens is 158 g/mol. The second-order valence-corrected chi connectivity index (χ2v) is 2.36. The Hall–Kier alpha value is -1.05. The van der Waals surface area contributed by atoms with E-state index in [-0.39, 0.29) is 5.91 Å². The Morgan fingerprint density at radius 3 is 2.55 bits per heavy atom. The van der Waals surface area contributed by atoms with Crippen molar-refractivity contribution in [2.45, 2.75) is 13.8 Å². The van der Waals surface area contributed by atoms with Crippen molar-refractivity contribution in [1.82, 2.24) is 0 Å². The summed E-state index contributed by atoms with van der Waals surface area (Å²) in [5.41, 5.74) is 1.34. The third kappa shape index (κ3) is 4.37. The van der Waals surface area contributed by atoms with E-state index >= 15 is 0 Å². The standard InChI is InChI=1S/C8H9NOS/c1-6(2)4-7(3)8(10)9-5-11/h4H,1H2,2-3H3/b7-4+. The maximum Gasteiger partial charge on any atom is 0.281 e. The Bertz CT molecular complexity index is 259. The summed E-state index contributed by atoms with van der Waals surface area (Å²) >= 11 is 4.27. The molecule has 0 aliphatic heterocycles. The largest absolute Gasteiger partial charge is 0.281 e. The van der Waals surface area contributed by atoms with Gasteiger partial charge in [0.15, 0.2) is 0 Å². The Labute approximate surface area is 71.3 Å². The van der Waals surface area contributed by atoms with Crippen molar-refractivity contribution in [1.29, 1.82) is 0 Å². The SMILES string of the molecule is C=C(C)/C=C(\C)C(=O)N=C=S. The second kappa shape index (κ2) is 4.72. The molecule has 0 aromatic rings. The molecule has 0 atom stereocenters. The summed E-state index contributed by atoms with van der Waals surface area (Å²) < 4.78 is 0. The molecular formula is C8H9NOS. The van der Waals surface area contributed by atoms with Gasteiger partial charge in [-0.25, -0.2) is 0 Å².